The number of aromatic nitrogens is 1. The van der Waals surface area contributed by atoms with E-state index < -0.39 is 5.97 Å². The number of carbonyl (C=O) groups is 1. The minimum atomic E-state index is -0.774. The van der Waals surface area contributed by atoms with Gasteiger partial charge in [0.1, 0.15) is 5.15 Å². The monoisotopic (exact) mass is 262 g/mol. The maximum Gasteiger partial charge on any atom is 0.308 e. The first kappa shape index (κ1) is 13.3. The summed E-state index contributed by atoms with van der Waals surface area (Å²) in [5.74, 6) is -0.797. The molecule has 0 saturated carbocycles. The van der Waals surface area contributed by atoms with Crippen LogP contribution in [0.2, 0.25) is 5.15 Å². The largest absolute Gasteiger partial charge is 0.481 e. The molecule has 4 nitrogen and oxygen atoms in total. The van der Waals surface area contributed by atoms with Gasteiger partial charge in [-0.15, -0.1) is 11.3 Å². The summed E-state index contributed by atoms with van der Waals surface area (Å²) >= 11 is 7.04. The lowest BCUT2D eigenvalue weighted by molar-refractivity contribution is -0.141. The Labute approximate surface area is 104 Å². The van der Waals surface area contributed by atoms with Crippen molar-refractivity contribution in [1.29, 1.82) is 0 Å². The molecule has 1 rings (SSSR count). The first-order valence-corrected chi connectivity index (χ1v) is 6.32. The molecule has 0 bridgehead atoms. The van der Waals surface area contributed by atoms with Gasteiger partial charge in [0, 0.05) is 11.9 Å². The third-order valence-corrected chi connectivity index (χ3v) is 3.20. The van der Waals surface area contributed by atoms with E-state index in [0.717, 1.165) is 0 Å². The van der Waals surface area contributed by atoms with E-state index in [2.05, 4.69) is 10.3 Å². The molecule has 1 aromatic rings. The van der Waals surface area contributed by atoms with Crippen LogP contribution in [0, 0.1) is 11.8 Å². The van der Waals surface area contributed by atoms with Crippen molar-refractivity contribution in [3.63, 3.8) is 0 Å². The Morgan fingerprint density at radius 3 is 2.81 bits per heavy atom. The van der Waals surface area contributed by atoms with Crippen LogP contribution in [0.3, 0.4) is 0 Å². The number of thiazole rings is 1. The van der Waals surface area contributed by atoms with Gasteiger partial charge in [0.15, 0.2) is 5.13 Å². The molecule has 2 N–H and O–H groups in total. The molecule has 0 radical (unpaired) electrons. The topological polar surface area (TPSA) is 62.2 Å². The average Bonchev–Trinajstić information content (AvgIpc) is 2.58. The van der Waals surface area contributed by atoms with Gasteiger partial charge in [-0.2, -0.15) is 0 Å². The number of anilines is 1. The summed E-state index contributed by atoms with van der Waals surface area (Å²) in [4.78, 5) is 15.0. The Kier molecular flexibility index (Phi) is 5.02. The Morgan fingerprint density at radius 1 is 1.69 bits per heavy atom. The number of nitrogens with zero attached hydrogens (tertiary/aromatic N) is 1. The lowest BCUT2D eigenvalue weighted by Crippen LogP contribution is -2.24. The Hall–Kier alpha value is -0.810. The van der Waals surface area contributed by atoms with E-state index in [1.165, 1.54) is 11.3 Å². The van der Waals surface area contributed by atoms with E-state index in [0.29, 0.717) is 29.2 Å². The molecule has 6 heteroatoms. The SMILES string of the molecule is CC(C)CC(CNc1nc(Cl)cs1)C(=O)O. The Bertz CT molecular complexity index is 354. The standard InChI is InChI=1S/C10H15ClN2O2S/c1-6(2)3-7(9(14)15)4-12-10-13-8(11)5-16-10/h5-7H,3-4H2,1-2H3,(H,12,13)(H,14,15). The molecule has 90 valence electrons. The van der Waals surface area contributed by atoms with Gasteiger partial charge in [0.05, 0.1) is 5.92 Å². The average molecular weight is 263 g/mol. The first-order valence-electron chi connectivity index (χ1n) is 5.06. The fraction of sp³-hybridized carbons (Fsp3) is 0.600. The molecule has 1 heterocycles. The van der Waals surface area contributed by atoms with Crippen molar-refractivity contribution in [3.8, 4) is 0 Å². The maximum atomic E-state index is 11.0. The second-order valence-corrected chi connectivity index (χ2v) is 5.27. The van der Waals surface area contributed by atoms with Crippen molar-refractivity contribution in [1.82, 2.24) is 4.98 Å². The molecule has 16 heavy (non-hydrogen) atoms. The van der Waals surface area contributed by atoms with Crippen LogP contribution in [-0.2, 0) is 4.79 Å². The number of carboxylic acid groups (broad SMARTS) is 1. The van der Waals surface area contributed by atoms with Crippen molar-refractivity contribution in [3.05, 3.63) is 10.5 Å². The zero-order chi connectivity index (χ0) is 12.1. The van der Waals surface area contributed by atoms with Crippen LogP contribution < -0.4 is 5.32 Å². The van der Waals surface area contributed by atoms with Gasteiger partial charge in [-0.05, 0) is 12.3 Å². The van der Waals surface area contributed by atoms with Gasteiger partial charge in [-0.1, -0.05) is 25.4 Å². The highest BCUT2D eigenvalue weighted by molar-refractivity contribution is 7.14. The molecule has 0 saturated heterocycles. The van der Waals surface area contributed by atoms with Crippen LogP contribution in [0.15, 0.2) is 5.38 Å². The highest BCUT2D eigenvalue weighted by atomic mass is 35.5. The second-order valence-electron chi connectivity index (χ2n) is 4.02. The van der Waals surface area contributed by atoms with Gasteiger partial charge >= 0.3 is 5.97 Å². The summed E-state index contributed by atoms with van der Waals surface area (Å²) < 4.78 is 0. The molecule has 0 aliphatic heterocycles. The van der Waals surface area contributed by atoms with E-state index in [-0.39, 0.29) is 5.92 Å². The number of rotatable bonds is 6. The smallest absolute Gasteiger partial charge is 0.308 e. The third-order valence-electron chi connectivity index (χ3n) is 2.08. The number of hydrogen-bond acceptors (Lipinski definition) is 4. The molecular weight excluding hydrogens is 248 g/mol. The molecule has 0 aliphatic rings. The molecule has 0 spiro atoms. The summed E-state index contributed by atoms with van der Waals surface area (Å²) in [5.41, 5.74) is 0. The summed E-state index contributed by atoms with van der Waals surface area (Å²) in [6.45, 7) is 4.41. The highest BCUT2D eigenvalue weighted by Gasteiger charge is 2.18. The summed E-state index contributed by atoms with van der Waals surface area (Å²) in [5, 5.41) is 14.8. The lowest BCUT2D eigenvalue weighted by Gasteiger charge is -2.14. The second kappa shape index (κ2) is 6.06. The van der Waals surface area contributed by atoms with E-state index in [1.807, 2.05) is 13.8 Å². The first-order chi connectivity index (χ1) is 7.49. The van der Waals surface area contributed by atoms with E-state index >= 15 is 0 Å². The summed E-state index contributed by atoms with van der Waals surface area (Å²) in [7, 11) is 0. The number of halogens is 1. The molecule has 0 aliphatic carbocycles. The van der Waals surface area contributed by atoms with Crippen molar-refractivity contribution in [2.24, 2.45) is 11.8 Å². The number of nitrogens with one attached hydrogen (secondary N) is 1. The van der Waals surface area contributed by atoms with Crippen molar-refractivity contribution < 1.29 is 9.90 Å². The fourth-order valence-corrected chi connectivity index (χ4v) is 2.23. The Balaban J connectivity index is 2.46. The van der Waals surface area contributed by atoms with Crippen LogP contribution in [0.1, 0.15) is 20.3 Å². The van der Waals surface area contributed by atoms with E-state index in [4.69, 9.17) is 16.7 Å². The van der Waals surface area contributed by atoms with Crippen LogP contribution in [0.25, 0.3) is 0 Å². The van der Waals surface area contributed by atoms with E-state index in [9.17, 15) is 4.79 Å². The zero-order valence-corrected chi connectivity index (χ0v) is 10.8. The summed E-state index contributed by atoms with van der Waals surface area (Å²) in [6.07, 6.45) is 0.654. The van der Waals surface area contributed by atoms with E-state index in [1.54, 1.807) is 5.38 Å². The van der Waals surface area contributed by atoms with Crippen LogP contribution >= 0.6 is 22.9 Å². The summed E-state index contributed by atoms with van der Waals surface area (Å²) in [6, 6.07) is 0. The Morgan fingerprint density at radius 2 is 2.38 bits per heavy atom. The van der Waals surface area contributed by atoms with Gasteiger partial charge in [-0.25, -0.2) is 4.98 Å². The van der Waals surface area contributed by atoms with Gasteiger partial charge in [0.2, 0.25) is 0 Å². The van der Waals surface area contributed by atoms with Crippen molar-refractivity contribution >= 4 is 34.0 Å². The number of carboxylic acids is 1. The van der Waals surface area contributed by atoms with Gasteiger partial charge < -0.3 is 10.4 Å². The molecule has 0 amide bonds. The minimum Gasteiger partial charge on any atom is -0.481 e. The third kappa shape index (κ3) is 4.37. The quantitative estimate of drug-likeness (QED) is 0.827. The predicted molar refractivity (Wildman–Crippen MR) is 66.2 cm³/mol. The van der Waals surface area contributed by atoms with Crippen molar-refractivity contribution in [2.45, 2.75) is 20.3 Å². The number of aliphatic carboxylic acids is 1. The van der Waals surface area contributed by atoms with Crippen LogP contribution in [-0.4, -0.2) is 22.6 Å². The molecular formula is C10H15ClN2O2S. The fourth-order valence-electron chi connectivity index (χ4n) is 1.39. The normalized spacial score (nSPS) is 12.8. The molecule has 0 aromatic carbocycles. The van der Waals surface area contributed by atoms with Crippen LogP contribution in [0.4, 0.5) is 5.13 Å². The van der Waals surface area contributed by atoms with Crippen LogP contribution in [0.5, 0.6) is 0 Å². The van der Waals surface area contributed by atoms with Gasteiger partial charge in [-0.3, -0.25) is 4.79 Å². The van der Waals surface area contributed by atoms with Crippen molar-refractivity contribution in [2.75, 3.05) is 11.9 Å². The predicted octanol–water partition coefficient (Wildman–Crippen LogP) is 2.96. The minimum absolute atomic E-state index is 0.364. The molecule has 1 atom stereocenters. The molecule has 1 unspecified atom stereocenters. The van der Waals surface area contributed by atoms with Gasteiger partial charge in [0.25, 0.3) is 0 Å². The lowest BCUT2D eigenvalue weighted by atomic mass is 9.97. The molecule has 1 aromatic heterocycles. The molecule has 0 fully saturated rings. The highest BCUT2D eigenvalue weighted by Crippen LogP contribution is 2.20. The number of hydrogen-bond donors (Lipinski definition) is 2. The zero-order valence-electron chi connectivity index (χ0n) is 9.24. The maximum absolute atomic E-state index is 11.0.